The lowest BCUT2D eigenvalue weighted by Crippen LogP contribution is -2.32. The zero-order chi connectivity index (χ0) is 18.5. The summed E-state index contributed by atoms with van der Waals surface area (Å²) in [5.74, 6) is 0.933. The first-order valence-electron chi connectivity index (χ1n) is 8.70. The van der Waals surface area contributed by atoms with Crippen molar-refractivity contribution in [2.75, 3.05) is 0 Å². The predicted octanol–water partition coefficient (Wildman–Crippen LogP) is 5.58. The van der Waals surface area contributed by atoms with Crippen molar-refractivity contribution >= 4 is 17.5 Å². The van der Waals surface area contributed by atoms with Crippen LogP contribution in [0, 0.1) is 0 Å². The smallest absolute Gasteiger partial charge is 0.252 e. The van der Waals surface area contributed by atoms with Gasteiger partial charge < -0.3 is 9.73 Å². The molecule has 0 spiro atoms. The highest BCUT2D eigenvalue weighted by molar-refractivity contribution is 6.30. The van der Waals surface area contributed by atoms with E-state index in [4.69, 9.17) is 16.0 Å². The number of hydrogen-bond donors (Lipinski definition) is 1. The summed E-state index contributed by atoms with van der Waals surface area (Å²) in [7, 11) is 0. The van der Waals surface area contributed by atoms with Crippen LogP contribution in [-0.4, -0.2) is 16.9 Å². The van der Waals surface area contributed by atoms with E-state index in [-0.39, 0.29) is 11.9 Å². The van der Waals surface area contributed by atoms with Crippen LogP contribution in [0.2, 0.25) is 5.02 Å². The third kappa shape index (κ3) is 4.14. The molecule has 26 heavy (non-hydrogen) atoms. The summed E-state index contributed by atoms with van der Waals surface area (Å²) < 4.78 is 5.90. The maximum Gasteiger partial charge on any atom is 0.252 e. The molecule has 5 heteroatoms. The van der Waals surface area contributed by atoms with Gasteiger partial charge in [0.25, 0.3) is 5.91 Å². The minimum Gasteiger partial charge on any atom is -0.436 e. The first-order chi connectivity index (χ1) is 12.6. The van der Waals surface area contributed by atoms with Gasteiger partial charge in [0.2, 0.25) is 5.89 Å². The summed E-state index contributed by atoms with van der Waals surface area (Å²) >= 11 is 5.93. The van der Waals surface area contributed by atoms with Gasteiger partial charge >= 0.3 is 0 Å². The van der Waals surface area contributed by atoms with Gasteiger partial charge in [-0.25, -0.2) is 4.98 Å². The molecule has 0 aliphatic carbocycles. The Morgan fingerprint density at radius 2 is 1.92 bits per heavy atom. The highest BCUT2D eigenvalue weighted by Gasteiger charge is 2.18. The lowest BCUT2D eigenvalue weighted by Gasteiger charge is -2.14. The van der Waals surface area contributed by atoms with Crippen molar-refractivity contribution in [1.29, 1.82) is 0 Å². The van der Waals surface area contributed by atoms with E-state index in [1.165, 1.54) is 0 Å². The molecule has 2 aromatic carbocycles. The van der Waals surface area contributed by atoms with E-state index >= 15 is 0 Å². The molecule has 0 aliphatic heterocycles. The van der Waals surface area contributed by atoms with Crippen LogP contribution in [0.5, 0.6) is 0 Å². The summed E-state index contributed by atoms with van der Waals surface area (Å²) in [5.41, 5.74) is 2.11. The summed E-state index contributed by atoms with van der Waals surface area (Å²) in [5, 5.41) is 3.69. The highest BCUT2D eigenvalue weighted by atomic mass is 35.5. The maximum absolute atomic E-state index is 12.6. The second kappa shape index (κ2) is 8.19. The standard InChI is InChI=1S/C21H21ClN2O2/c1-3-6-14(2)24-20(25)17-7-4-5-8-18(17)21-23-13-19(26-21)15-9-11-16(22)12-10-15/h4-5,7-14H,3,6H2,1-2H3,(H,24,25)/t14-/m1/s1. The Morgan fingerprint density at radius 1 is 1.19 bits per heavy atom. The van der Waals surface area contributed by atoms with Crippen molar-refractivity contribution in [1.82, 2.24) is 10.3 Å². The van der Waals surface area contributed by atoms with Gasteiger partial charge in [-0.15, -0.1) is 0 Å². The molecule has 134 valence electrons. The third-order valence-electron chi connectivity index (χ3n) is 4.14. The Morgan fingerprint density at radius 3 is 2.65 bits per heavy atom. The van der Waals surface area contributed by atoms with Crippen molar-refractivity contribution in [3.63, 3.8) is 0 Å². The average molecular weight is 369 g/mol. The summed E-state index contributed by atoms with van der Waals surface area (Å²) in [6.07, 6.45) is 3.62. The highest BCUT2D eigenvalue weighted by Crippen LogP contribution is 2.29. The van der Waals surface area contributed by atoms with Crippen LogP contribution in [0.1, 0.15) is 37.0 Å². The average Bonchev–Trinajstić information content (AvgIpc) is 3.12. The van der Waals surface area contributed by atoms with E-state index < -0.39 is 0 Å². The molecule has 1 heterocycles. The topological polar surface area (TPSA) is 55.1 Å². The summed E-state index contributed by atoms with van der Waals surface area (Å²) in [6, 6.07) is 14.8. The van der Waals surface area contributed by atoms with Gasteiger partial charge in [0.1, 0.15) is 0 Å². The number of oxazole rings is 1. The lowest BCUT2D eigenvalue weighted by atomic mass is 10.1. The van der Waals surface area contributed by atoms with E-state index in [0.717, 1.165) is 18.4 Å². The fourth-order valence-electron chi connectivity index (χ4n) is 2.82. The predicted molar refractivity (Wildman–Crippen MR) is 104 cm³/mol. The van der Waals surface area contributed by atoms with Crippen molar-refractivity contribution < 1.29 is 9.21 Å². The minimum absolute atomic E-state index is 0.118. The van der Waals surface area contributed by atoms with Crippen molar-refractivity contribution in [2.45, 2.75) is 32.7 Å². The SMILES string of the molecule is CCC[C@@H](C)NC(=O)c1ccccc1-c1ncc(-c2ccc(Cl)cc2)o1. The first kappa shape index (κ1) is 18.2. The quantitative estimate of drug-likeness (QED) is 0.617. The molecule has 0 saturated heterocycles. The number of nitrogens with zero attached hydrogens (tertiary/aromatic N) is 1. The normalized spacial score (nSPS) is 12.0. The van der Waals surface area contributed by atoms with Crippen LogP contribution < -0.4 is 5.32 Å². The second-order valence-corrected chi connectivity index (χ2v) is 6.68. The van der Waals surface area contributed by atoms with Gasteiger partial charge in [0, 0.05) is 22.2 Å². The molecule has 1 aromatic heterocycles. The summed E-state index contributed by atoms with van der Waals surface area (Å²) in [6.45, 7) is 4.11. The number of halogens is 1. The van der Waals surface area contributed by atoms with E-state index in [9.17, 15) is 4.79 Å². The number of rotatable bonds is 6. The number of aromatic nitrogens is 1. The van der Waals surface area contributed by atoms with E-state index in [1.807, 2.05) is 37.3 Å². The number of hydrogen-bond acceptors (Lipinski definition) is 3. The third-order valence-corrected chi connectivity index (χ3v) is 4.39. The molecular formula is C21H21ClN2O2. The van der Waals surface area contributed by atoms with E-state index in [1.54, 1.807) is 24.4 Å². The van der Waals surface area contributed by atoms with Gasteiger partial charge in [0.05, 0.1) is 11.8 Å². The number of amides is 1. The molecule has 1 N–H and O–H groups in total. The summed E-state index contributed by atoms with van der Waals surface area (Å²) in [4.78, 5) is 17.0. The zero-order valence-electron chi connectivity index (χ0n) is 14.8. The fraction of sp³-hybridized carbons (Fsp3) is 0.238. The number of nitrogens with one attached hydrogen (secondary N) is 1. The molecule has 0 fully saturated rings. The molecule has 0 aliphatic rings. The van der Waals surface area contributed by atoms with Crippen molar-refractivity contribution in [3.05, 3.63) is 65.3 Å². The molecular weight excluding hydrogens is 348 g/mol. The van der Waals surface area contributed by atoms with Crippen LogP contribution >= 0.6 is 11.6 Å². The van der Waals surface area contributed by atoms with Crippen LogP contribution in [0.15, 0.2) is 59.1 Å². The first-order valence-corrected chi connectivity index (χ1v) is 9.08. The fourth-order valence-corrected chi connectivity index (χ4v) is 2.95. The number of carbonyl (C=O) groups is 1. The molecule has 1 amide bonds. The molecule has 0 unspecified atom stereocenters. The van der Waals surface area contributed by atoms with Crippen LogP contribution in [0.25, 0.3) is 22.8 Å². The molecule has 4 nitrogen and oxygen atoms in total. The largest absolute Gasteiger partial charge is 0.436 e. The molecule has 0 radical (unpaired) electrons. The Balaban J connectivity index is 1.88. The molecule has 0 bridgehead atoms. The number of carbonyl (C=O) groups excluding carboxylic acids is 1. The maximum atomic E-state index is 12.6. The van der Waals surface area contributed by atoms with Crippen LogP contribution in [0.3, 0.4) is 0 Å². The Bertz CT molecular complexity index is 887. The van der Waals surface area contributed by atoms with Gasteiger partial charge in [-0.3, -0.25) is 4.79 Å². The van der Waals surface area contributed by atoms with Crippen molar-refractivity contribution in [2.24, 2.45) is 0 Å². The second-order valence-electron chi connectivity index (χ2n) is 6.25. The van der Waals surface area contributed by atoms with Crippen molar-refractivity contribution in [3.8, 4) is 22.8 Å². The molecule has 3 rings (SSSR count). The minimum atomic E-state index is -0.118. The van der Waals surface area contributed by atoms with Gasteiger partial charge in [0.15, 0.2) is 5.76 Å². The molecule has 3 aromatic rings. The Labute approximate surface area is 158 Å². The Hall–Kier alpha value is -2.59. The van der Waals surface area contributed by atoms with Crippen LogP contribution in [-0.2, 0) is 0 Å². The van der Waals surface area contributed by atoms with Gasteiger partial charge in [-0.2, -0.15) is 0 Å². The van der Waals surface area contributed by atoms with Gasteiger partial charge in [-0.05, 0) is 49.7 Å². The van der Waals surface area contributed by atoms with Crippen LogP contribution in [0.4, 0.5) is 0 Å². The molecule has 0 saturated carbocycles. The van der Waals surface area contributed by atoms with E-state index in [2.05, 4.69) is 17.2 Å². The zero-order valence-corrected chi connectivity index (χ0v) is 15.6. The number of benzene rings is 2. The lowest BCUT2D eigenvalue weighted by molar-refractivity contribution is 0.0938. The van der Waals surface area contributed by atoms with Gasteiger partial charge in [-0.1, -0.05) is 37.1 Å². The molecule has 1 atom stereocenters. The Kier molecular flexibility index (Phi) is 5.74. The monoisotopic (exact) mass is 368 g/mol. The van der Waals surface area contributed by atoms with E-state index in [0.29, 0.717) is 27.8 Å².